The van der Waals surface area contributed by atoms with Crippen molar-refractivity contribution in [3.05, 3.63) is 35.9 Å². The van der Waals surface area contributed by atoms with Gasteiger partial charge in [0.1, 0.15) is 11.4 Å². The maximum atomic E-state index is 12.7. The normalized spacial score (nSPS) is 30.5. The highest BCUT2D eigenvalue weighted by molar-refractivity contribution is 9.26. The second-order valence-electron chi connectivity index (χ2n) is 6.19. The number of carbonyl (C=O) groups excluding carboxylic acids is 2. The summed E-state index contributed by atoms with van der Waals surface area (Å²) in [6, 6.07) is 8.79. The zero-order valence-electron chi connectivity index (χ0n) is 12.6. The molecule has 3 atom stereocenters. The minimum Gasteiger partial charge on any atom is -0.350 e. The molecule has 8 heteroatoms. The molecule has 23 heavy (non-hydrogen) atoms. The van der Waals surface area contributed by atoms with Crippen LogP contribution in [0, 0.1) is 0 Å². The fraction of sp³-hybridized carbons (Fsp3) is 0.467. The van der Waals surface area contributed by atoms with Gasteiger partial charge in [-0.25, -0.2) is 0 Å². The third-order valence-electron chi connectivity index (χ3n) is 4.30. The van der Waals surface area contributed by atoms with Gasteiger partial charge in [-0.15, -0.1) is 0 Å². The van der Waals surface area contributed by atoms with Crippen molar-refractivity contribution in [2.24, 2.45) is 0 Å². The van der Waals surface area contributed by atoms with Crippen molar-refractivity contribution >= 4 is 54.5 Å². The van der Waals surface area contributed by atoms with Gasteiger partial charge in [0.2, 0.25) is 5.91 Å². The van der Waals surface area contributed by atoms with E-state index in [0.29, 0.717) is 6.54 Å². The molecule has 2 amide bonds. The zero-order chi connectivity index (χ0) is 17.0. The van der Waals surface area contributed by atoms with Gasteiger partial charge in [-0.05, 0) is 19.4 Å². The molecule has 0 saturated carbocycles. The van der Waals surface area contributed by atoms with Crippen molar-refractivity contribution in [3.8, 4) is 0 Å². The lowest BCUT2D eigenvalue weighted by atomic mass is 9.97. The molecule has 0 aliphatic carbocycles. The maximum absolute atomic E-state index is 12.7. The van der Waals surface area contributed by atoms with E-state index in [4.69, 9.17) is 0 Å². The molecule has 0 unspecified atom stereocenters. The van der Waals surface area contributed by atoms with Crippen LogP contribution < -0.4 is 5.32 Å². The minimum atomic E-state index is -1.36. The Balaban J connectivity index is 1.80. The monoisotopic (exact) mass is 462 g/mol. The summed E-state index contributed by atoms with van der Waals surface area (Å²) in [7, 11) is -1.36. The Morgan fingerprint density at radius 3 is 2.52 bits per heavy atom. The number of halogens is 2. The predicted molar refractivity (Wildman–Crippen MR) is 95.5 cm³/mol. The van der Waals surface area contributed by atoms with Crippen LogP contribution in [0.3, 0.4) is 0 Å². The maximum Gasteiger partial charge on any atom is 0.255 e. The Morgan fingerprint density at radius 2 is 1.91 bits per heavy atom. The SMILES string of the molecule is CC1(C)[C@H](C(=O)NCc2ccccc2)N2C(=O)C(Br)(Br)[C@H]2[S@]1=O. The summed E-state index contributed by atoms with van der Waals surface area (Å²) < 4.78 is 10.9. The standard InChI is InChI=1S/C15H16Br2N2O3S/c1-14(2)10(11(20)18-8-9-6-4-3-5-7-9)19-12(21)15(16,17)13(19)23(14)22/h3-7,10,13H,8H2,1-2H3,(H,18,20)/t10-,13+,23+/m0/s1. The Hall–Kier alpha value is -0.730. The van der Waals surface area contributed by atoms with E-state index in [0.717, 1.165) is 5.56 Å². The number of carbonyl (C=O) groups is 2. The molecule has 0 bridgehead atoms. The molecule has 1 N–H and O–H groups in total. The van der Waals surface area contributed by atoms with Gasteiger partial charge in [0.05, 0.1) is 15.5 Å². The van der Waals surface area contributed by atoms with Crippen LogP contribution in [-0.4, -0.2) is 40.3 Å². The van der Waals surface area contributed by atoms with Crippen molar-refractivity contribution in [1.29, 1.82) is 0 Å². The first-order chi connectivity index (χ1) is 10.7. The molecule has 5 nitrogen and oxygen atoms in total. The molecule has 0 spiro atoms. The molecule has 2 saturated heterocycles. The Morgan fingerprint density at radius 1 is 1.30 bits per heavy atom. The van der Waals surface area contributed by atoms with Gasteiger partial charge in [-0.2, -0.15) is 0 Å². The molecule has 3 rings (SSSR count). The van der Waals surface area contributed by atoms with Crippen LogP contribution in [0.25, 0.3) is 0 Å². The van der Waals surface area contributed by atoms with Gasteiger partial charge >= 0.3 is 0 Å². The number of hydrogen-bond acceptors (Lipinski definition) is 3. The van der Waals surface area contributed by atoms with E-state index < -0.39 is 30.2 Å². The van der Waals surface area contributed by atoms with E-state index in [2.05, 4.69) is 37.2 Å². The third-order valence-corrected chi connectivity index (χ3v) is 8.70. The van der Waals surface area contributed by atoms with Crippen molar-refractivity contribution in [2.75, 3.05) is 0 Å². The van der Waals surface area contributed by atoms with Crippen LogP contribution in [0.1, 0.15) is 19.4 Å². The Labute approximate surface area is 153 Å². The topological polar surface area (TPSA) is 66.5 Å². The molecule has 2 heterocycles. The van der Waals surface area contributed by atoms with Crippen molar-refractivity contribution < 1.29 is 13.8 Å². The summed E-state index contributed by atoms with van der Waals surface area (Å²) in [5, 5.41) is 2.31. The number of fused-ring (bicyclic) bond motifs is 1. The average Bonchev–Trinajstić information content (AvgIpc) is 2.71. The molecule has 0 radical (unpaired) electrons. The van der Waals surface area contributed by atoms with Crippen LogP contribution in [0.15, 0.2) is 30.3 Å². The highest BCUT2D eigenvalue weighted by Crippen LogP contribution is 2.54. The van der Waals surface area contributed by atoms with Gasteiger partial charge in [0.25, 0.3) is 5.91 Å². The molecule has 124 valence electrons. The van der Waals surface area contributed by atoms with Gasteiger partial charge in [-0.1, -0.05) is 62.2 Å². The van der Waals surface area contributed by atoms with E-state index in [9.17, 15) is 13.8 Å². The van der Waals surface area contributed by atoms with Crippen LogP contribution in [0.5, 0.6) is 0 Å². The molecule has 2 aliphatic heterocycles. The number of β-lactam (4-membered cyclic amide) rings is 1. The number of amides is 2. The largest absolute Gasteiger partial charge is 0.350 e. The fourth-order valence-corrected chi connectivity index (χ4v) is 6.72. The van der Waals surface area contributed by atoms with E-state index in [1.165, 1.54) is 4.90 Å². The number of alkyl halides is 2. The van der Waals surface area contributed by atoms with E-state index >= 15 is 0 Å². The van der Waals surface area contributed by atoms with Crippen LogP contribution >= 0.6 is 31.9 Å². The molecule has 1 aromatic rings. The van der Waals surface area contributed by atoms with Gasteiger partial charge in [0.15, 0.2) is 3.23 Å². The number of hydrogen-bond donors (Lipinski definition) is 1. The predicted octanol–water partition coefficient (Wildman–Crippen LogP) is 1.87. The van der Waals surface area contributed by atoms with Crippen LogP contribution in [-0.2, 0) is 26.9 Å². The van der Waals surface area contributed by atoms with Gasteiger partial charge in [-0.3, -0.25) is 13.8 Å². The van der Waals surface area contributed by atoms with Crippen molar-refractivity contribution in [2.45, 2.75) is 39.8 Å². The number of nitrogens with zero attached hydrogens (tertiary/aromatic N) is 1. The summed E-state index contributed by atoms with van der Waals surface area (Å²) in [6.07, 6.45) is 0. The molecule has 0 aromatic heterocycles. The number of benzene rings is 1. The number of rotatable bonds is 3. The van der Waals surface area contributed by atoms with E-state index in [1.54, 1.807) is 13.8 Å². The summed E-state index contributed by atoms with van der Waals surface area (Å²) in [6.45, 7) is 3.90. The first kappa shape index (κ1) is 17.1. The lowest BCUT2D eigenvalue weighted by molar-refractivity contribution is -0.149. The molecular formula is C15H16Br2N2O3S. The van der Waals surface area contributed by atoms with Crippen molar-refractivity contribution in [1.82, 2.24) is 10.2 Å². The minimum absolute atomic E-state index is 0.263. The fourth-order valence-electron chi connectivity index (χ4n) is 3.04. The second-order valence-corrected chi connectivity index (χ2v) is 11.9. The molecule has 2 fully saturated rings. The lowest BCUT2D eigenvalue weighted by Gasteiger charge is -2.46. The smallest absolute Gasteiger partial charge is 0.255 e. The first-order valence-corrected chi connectivity index (χ1v) is 9.92. The molecular weight excluding hydrogens is 448 g/mol. The highest BCUT2D eigenvalue weighted by atomic mass is 79.9. The third kappa shape index (κ3) is 2.49. The van der Waals surface area contributed by atoms with Crippen LogP contribution in [0.2, 0.25) is 0 Å². The Kier molecular flexibility index (Phi) is 4.21. The summed E-state index contributed by atoms with van der Waals surface area (Å²) in [4.78, 5) is 26.4. The van der Waals surface area contributed by atoms with Crippen molar-refractivity contribution in [3.63, 3.8) is 0 Å². The van der Waals surface area contributed by atoms with Gasteiger partial charge in [0, 0.05) is 6.54 Å². The molecule has 2 aliphatic rings. The van der Waals surface area contributed by atoms with Crippen LogP contribution in [0.4, 0.5) is 0 Å². The summed E-state index contributed by atoms with van der Waals surface area (Å²) in [5.41, 5.74) is 0.972. The summed E-state index contributed by atoms with van der Waals surface area (Å²) >= 11 is 6.56. The first-order valence-electron chi connectivity index (χ1n) is 7.12. The van der Waals surface area contributed by atoms with E-state index in [1.807, 2.05) is 30.3 Å². The van der Waals surface area contributed by atoms with E-state index in [-0.39, 0.29) is 11.8 Å². The number of nitrogens with one attached hydrogen (secondary N) is 1. The van der Waals surface area contributed by atoms with Gasteiger partial charge < -0.3 is 10.2 Å². The summed E-state index contributed by atoms with van der Waals surface area (Å²) in [5.74, 6) is -0.542. The second kappa shape index (κ2) is 5.67. The highest BCUT2D eigenvalue weighted by Gasteiger charge is 2.73. The zero-order valence-corrected chi connectivity index (χ0v) is 16.6. The quantitative estimate of drug-likeness (QED) is 0.549. The average molecular weight is 464 g/mol. The molecule has 1 aromatic carbocycles. The Bertz CT molecular complexity index is 693. The lowest BCUT2D eigenvalue weighted by Crippen LogP contribution is -2.69.